The van der Waals surface area contributed by atoms with Gasteiger partial charge in [0.05, 0.1) is 35.4 Å². The lowest BCUT2D eigenvalue weighted by Gasteiger charge is -2.41. The van der Waals surface area contributed by atoms with Crippen LogP contribution in [0.1, 0.15) is 17.3 Å². The number of nitrogens with zero attached hydrogens (tertiary/aromatic N) is 6. The van der Waals surface area contributed by atoms with Gasteiger partial charge in [0.15, 0.2) is 5.82 Å². The van der Waals surface area contributed by atoms with E-state index in [0.29, 0.717) is 16.6 Å². The highest BCUT2D eigenvalue weighted by Gasteiger charge is 2.28. The number of pyridine rings is 1. The van der Waals surface area contributed by atoms with Crippen LogP contribution < -0.4 is 9.80 Å². The number of H-pyrrole nitrogens is 1. The number of rotatable bonds is 4. The number of hydrogen-bond donors (Lipinski definition) is 1. The highest BCUT2D eigenvalue weighted by Crippen LogP contribution is 2.34. The van der Waals surface area contributed by atoms with E-state index in [1.807, 2.05) is 48.8 Å². The summed E-state index contributed by atoms with van der Waals surface area (Å²) in [6, 6.07) is 17.6. The van der Waals surface area contributed by atoms with Crippen LogP contribution in [0.4, 0.5) is 11.6 Å². The van der Waals surface area contributed by atoms with E-state index in [1.54, 1.807) is 12.1 Å². The fourth-order valence-electron chi connectivity index (χ4n) is 4.79. The predicted octanol–water partition coefficient (Wildman–Crippen LogP) is 4.07. The monoisotopic (exact) mass is 479 g/mol. The van der Waals surface area contributed by atoms with Gasteiger partial charge < -0.3 is 14.5 Å². The molecule has 36 heavy (non-hydrogen) atoms. The fraction of sp³-hybridized carbons (Fsp3) is 0.222. The van der Waals surface area contributed by atoms with Gasteiger partial charge in [0.1, 0.15) is 11.5 Å². The van der Waals surface area contributed by atoms with Crippen LogP contribution >= 0.6 is 0 Å². The van der Waals surface area contributed by atoms with Crippen molar-refractivity contribution in [3.8, 4) is 11.3 Å². The summed E-state index contributed by atoms with van der Waals surface area (Å²) in [7, 11) is 1.38. The minimum atomic E-state index is -0.396. The van der Waals surface area contributed by atoms with Crippen LogP contribution in [0.25, 0.3) is 33.2 Å². The molecular formula is C27H25N7O2. The van der Waals surface area contributed by atoms with Gasteiger partial charge in [-0.1, -0.05) is 12.1 Å². The van der Waals surface area contributed by atoms with E-state index in [9.17, 15) is 4.79 Å². The molecule has 0 unspecified atom stereocenters. The summed E-state index contributed by atoms with van der Waals surface area (Å²) in [5.41, 5.74) is 4.55. The van der Waals surface area contributed by atoms with Crippen LogP contribution in [0.15, 0.2) is 67.0 Å². The second kappa shape index (κ2) is 8.92. The third-order valence-electron chi connectivity index (χ3n) is 6.65. The topological polar surface area (TPSA) is 100 Å². The van der Waals surface area contributed by atoms with Crippen molar-refractivity contribution >= 4 is 39.5 Å². The number of nitrogens with one attached hydrogen (secondary N) is 1. The maximum atomic E-state index is 12.2. The average Bonchev–Trinajstić information content (AvgIpc) is 3.40. The molecule has 1 atom stereocenters. The molecule has 1 aliphatic heterocycles. The summed E-state index contributed by atoms with van der Waals surface area (Å²) in [4.78, 5) is 31.4. The summed E-state index contributed by atoms with van der Waals surface area (Å²) in [6.45, 7) is 4.56. The molecule has 9 nitrogen and oxygen atoms in total. The number of fused-ring (bicyclic) bond motifs is 2. The molecule has 0 aliphatic carbocycles. The molecule has 5 aromatic rings. The average molecular weight is 480 g/mol. The second-order valence-corrected chi connectivity index (χ2v) is 8.94. The molecule has 2 aromatic carbocycles. The lowest BCUT2D eigenvalue weighted by molar-refractivity contribution is 0.0601. The first kappa shape index (κ1) is 22.0. The number of benzene rings is 2. The van der Waals surface area contributed by atoms with Gasteiger partial charge in [-0.2, -0.15) is 5.10 Å². The van der Waals surface area contributed by atoms with E-state index >= 15 is 0 Å². The molecule has 0 bridgehead atoms. The van der Waals surface area contributed by atoms with Crippen molar-refractivity contribution < 1.29 is 9.53 Å². The number of methoxy groups -OCH3 is 1. The van der Waals surface area contributed by atoms with Gasteiger partial charge in [-0.05, 0) is 49.4 Å². The van der Waals surface area contributed by atoms with Crippen LogP contribution in [0.2, 0.25) is 0 Å². The first-order valence-corrected chi connectivity index (χ1v) is 11.9. The number of esters is 1. The van der Waals surface area contributed by atoms with Gasteiger partial charge in [0.2, 0.25) is 0 Å². The number of piperazine rings is 1. The van der Waals surface area contributed by atoms with Gasteiger partial charge in [0, 0.05) is 42.8 Å². The second-order valence-electron chi connectivity index (χ2n) is 8.94. The van der Waals surface area contributed by atoms with Crippen LogP contribution in [0.3, 0.4) is 0 Å². The minimum absolute atomic E-state index is 0.160. The Labute approximate surface area is 207 Å². The molecule has 0 amide bonds. The Morgan fingerprint density at radius 1 is 1.06 bits per heavy atom. The van der Waals surface area contributed by atoms with Crippen LogP contribution in [0.5, 0.6) is 0 Å². The molecule has 1 aliphatic rings. The van der Waals surface area contributed by atoms with Gasteiger partial charge in [0.25, 0.3) is 0 Å². The van der Waals surface area contributed by atoms with E-state index < -0.39 is 5.97 Å². The first-order chi connectivity index (χ1) is 17.6. The van der Waals surface area contributed by atoms with Gasteiger partial charge in [-0.25, -0.2) is 19.7 Å². The number of carbonyl (C=O) groups is 1. The lowest BCUT2D eigenvalue weighted by Crippen LogP contribution is -2.52. The maximum absolute atomic E-state index is 12.2. The smallest absolute Gasteiger partial charge is 0.337 e. The highest BCUT2D eigenvalue weighted by molar-refractivity contribution is 5.95. The summed E-state index contributed by atoms with van der Waals surface area (Å²) in [6.07, 6.45) is 3.63. The van der Waals surface area contributed by atoms with Crippen molar-refractivity contribution in [1.82, 2.24) is 25.1 Å². The molecule has 1 saturated heterocycles. The molecular weight excluding hydrogens is 454 g/mol. The Hall–Kier alpha value is -4.53. The molecule has 0 radical (unpaired) electrons. The minimum Gasteiger partial charge on any atom is -0.465 e. The molecule has 9 heteroatoms. The van der Waals surface area contributed by atoms with Crippen molar-refractivity contribution in [2.75, 3.05) is 36.5 Å². The van der Waals surface area contributed by atoms with Gasteiger partial charge >= 0.3 is 5.97 Å². The number of anilines is 2. The zero-order chi connectivity index (χ0) is 24.6. The molecule has 1 N–H and O–H groups in total. The first-order valence-electron chi connectivity index (χ1n) is 11.9. The van der Waals surface area contributed by atoms with Crippen LogP contribution in [-0.2, 0) is 4.74 Å². The number of ether oxygens (including phenoxy) is 1. The maximum Gasteiger partial charge on any atom is 0.337 e. The Bertz CT molecular complexity index is 1570. The molecule has 180 valence electrons. The van der Waals surface area contributed by atoms with Crippen molar-refractivity contribution in [2.45, 2.75) is 13.0 Å². The third kappa shape index (κ3) is 3.88. The quantitative estimate of drug-likeness (QED) is 0.385. The Morgan fingerprint density at radius 3 is 2.78 bits per heavy atom. The number of aromatic nitrogens is 5. The van der Waals surface area contributed by atoms with Crippen molar-refractivity contribution in [3.63, 3.8) is 0 Å². The Morgan fingerprint density at radius 2 is 1.97 bits per heavy atom. The fourth-order valence-corrected chi connectivity index (χ4v) is 4.79. The van der Waals surface area contributed by atoms with E-state index in [-0.39, 0.29) is 6.04 Å². The summed E-state index contributed by atoms with van der Waals surface area (Å²) in [5.74, 6) is 1.37. The van der Waals surface area contributed by atoms with Gasteiger partial charge in [-0.15, -0.1) is 0 Å². The van der Waals surface area contributed by atoms with Crippen molar-refractivity contribution in [3.05, 3.63) is 72.6 Å². The van der Waals surface area contributed by atoms with E-state index in [2.05, 4.69) is 38.0 Å². The SMILES string of the molecule is COC(=O)c1ccc2nc(-c3ccc4[nH]ncc4c3)c(N3CCN(c4ccccn4)C[C@@H]3C)nc2c1. The third-order valence-corrected chi connectivity index (χ3v) is 6.65. The molecule has 6 rings (SSSR count). The zero-order valence-electron chi connectivity index (χ0n) is 20.0. The molecule has 0 spiro atoms. The molecule has 0 saturated carbocycles. The van der Waals surface area contributed by atoms with Crippen molar-refractivity contribution in [1.29, 1.82) is 0 Å². The number of hydrogen-bond acceptors (Lipinski definition) is 8. The van der Waals surface area contributed by atoms with Crippen LogP contribution in [-0.4, -0.2) is 63.9 Å². The Kier molecular flexibility index (Phi) is 5.44. The summed E-state index contributed by atoms with van der Waals surface area (Å²) < 4.78 is 4.91. The summed E-state index contributed by atoms with van der Waals surface area (Å²) >= 11 is 0. The molecule has 1 fully saturated rings. The van der Waals surface area contributed by atoms with Crippen molar-refractivity contribution in [2.24, 2.45) is 0 Å². The van der Waals surface area contributed by atoms with Gasteiger partial charge in [-0.3, -0.25) is 5.10 Å². The normalized spacial score (nSPS) is 16.0. The predicted molar refractivity (Wildman–Crippen MR) is 139 cm³/mol. The number of aromatic amines is 1. The summed E-state index contributed by atoms with van der Waals surface area (Å²) in [5, 5.41) is 8.17. The lowest BCUT2D eigenvalue weighted by atomic mass is 10.1. The van der Waals surface area contributed by atoms with E-state index in [0.717, 1.165) is 53.4 Å². The Balaban J connectivity index is 1.45. The van der Waals surface area contributed by atoms with E-state index in [4.69, 9.17) is 14.7 Å². The molecule has 3 aromatic heterocycles. The zero-order valence-corrected chi connectivity index (χ0v) is 20.0. The number of carbonyl (C=O) groups excluding carboxylic acids is 1. The largest absolute Gasteiger partial charge is 0.465 e. The standard InChI is InChI=1S/C27H25N7O2/c1-17-16-33(24-5-3-4-10-28-24)11-12-34(17)26-25(18-6-8-21-20(13-18)15-29-32-21)30-22-9-7-19(27(35)36-2)14-23(22)31-26/h3-10,13-15,17H,11-12,16H2,1-2H3,(H,29,32)/t17-/m0/s1. The van der Waals surface area contributed by atoms with E-state index in [1.165, 1.54) is 7.11 Å². The highest BCUT2D eigenvalue weighted by atomic mass is 16.5. The molecule has 4 heterocycles. The van der Waals surface area contributed by atoms with Crippen LogP contribution in [0, 0.1) is 0 Å².